The molecule has 0 heterocycles. The van der Waals surface area contributed by atoms with Crippen LogP contribution in [0.4, 0.5) is 0 Å². The molecule has 0 aromatic heterocycles. The maximum absolute atomic E-state index is 9.77. The quantitative estimate of drug-likeness (QED) is 0.651. The van der Waals surface area contributed by atoms with Gasteiger partial charge in [0.1, 0.15) is 18.5 Å². The molecule has 1 aromatic carbocycles. The Morgan fingerprint density at radius 1 is 1.25 bits per heavy atom. The van der Waals surface area contributed by atoms with Crippen molar-refractivity contribution in [1.82, 2.24) is 5.32 Å². The van der Waals surface area contributed by atoms with Gasteiger partial charge in [-0.1, -0.05) is 23.2 Å². The summed E-state index contributed by atoms with van der Waals surface area (Å²) in [5.74, 6) is 0.596. The minimum Gasteiger partial charge on any atom is -0.491 e. The lowest BCUT2D eigenvalue weighted by atomic mass is 10.3. The third kappa shape index (κ3) is 7.31. The monoisotopic (exact) mass is 321 g/mol. The number of halogens is 2. The van der Waals surface area contributed by atoms with Gasteiger partial charge < -0.3 is 19.9 Å². The van der Waals surface area contributed by atoms with Gasteiger partial charge in [0.2, 0.25) is 0 Å². The number of benzene rings is 1. The van der Waals surface area contributed by atoms with Crippen LogP contribution in [0.2, 0.25) is 10.0 Å². The maximum Gasteiger partial charge on any atom is 0.121 e. The zero-order valence-corrected chi connectivity index (χ0v) is 13.1. The Morgan fingerprint density at radius 3 is 2.75 bits per heavy atom. The van der Waals surface area contributed by atoms with Gasteiger partial charge in [-0.3, -0.25) is 0 Å². The van der Waals surface area contributed by atoms with Crippen molar-refractivity contribution in [2.45, 2.75) is 18.9 Å². The lowest BCUT2D eigenvalue weighted by Gasteiger charge is -2.13. The molecule has 4 nitrogen and oxygen atoms in total. The molecule has 0 aliphatic carbocycles. The predicted octanol–water partition coefficient (Wildman–Crippen LogP) is 2.75. The van der Waals surface area contributed by atoms with E-state index in [1.165, 1.54) is 0 Å². The first-order valence-corrected chi connectivity index (χ1v) is 7.34. The van der Waals surface area contributed by atoms with Crippen molar-refractivity contribution in [3.63, 3.8) is 0 Å². The Hall–Kier alpha value is -0.520. The van der Waals surface area contributed by atoms with Gasteiger partial charge >= 0.3 is 0 Å². The smallest absolute Gasteiger partial charge is 0.121 e. The highest BCUT2D eigenvalue weighted by molar-refractivity contribution is 6.42. The SMILES string of the molecule is COCCCCNCC(O)COc1ccc(Cl)c(Cl)c1. The number of methoxy groups -OCH3 is 1. The van der Waals surface area contributed by atoms with Crippen molar-refractivity contribution in [3.8, 4) is 5.75 Å². The van der Waals surface area contributed by atoms with E-state index >= 15 is 0 Å². The second kappa shape index (κ2) is 10.2. The maximum atomic E-state index is 9.77. The fourth-order valence-electron chi connectivity index (χ4n) is 1.58. The van der Waals surface area contributed by atoms with Gasteiger partial charge in [-0.2, -0.15) is 0 Å². The number of nitrogens with one attached hydrogen (secondary N) is 1. The normalized spacial score (nSPS) is 12.4. The van der Waals surface area contributed by atoms with Crippen LogP contribution < -0.4 is 10.1 Å². The predicted molar refractivity (Wildman–Crippen MR) is 81.9 cm³/mol. The second-order valence-electron chi connectivity index (χ2n) is 4.44. The first kappa shape index (κ1) is 17.5. The summed E-state index contributed by atoms with van der Waals surface area (Å²) in [6, 6.07) is 5.02. The number of rotatable bonds is 10. The first-order valence-electron chi connectivity index (χ1n) is 6.59. The summed E-state index contributed by atoms with van der Waals surface area (Å²) in [6.45, 7) is 2.33. The van der Waals surface area contributed by atoms with Gasteiger partial charge in [-0.05, 0) is 31.5 Å². The summed E-state index contributed by atoms with van der Waals surface area (Å²) in [4.78, 5) is 0. The van der Waals surface area contributed by atoms with E-state index in [0.29, 0.717) is 22.3 Å². The van der Waals surface area contributed by atoms with Crippen LogP contribution in [0.25, 0.3) is 0 Å². The molecule has 0 radical (unpaired) electrons. The van der Waals surface area contributed by atoms with Crippen LogP contribution in [0.5, 0.6) is 5.75 Å². The van der Waals surface area contributed by atoms with Crippen LogP contribution in [0.3, 0.4) is 0 Å². The van der Waals surface area contributed by atoms with Gasteiger partial charge in [0.25, 0.3) is 0 Å². The van der Waals surface area contributed by atoms with Gasteiger partial charge in [-0.25, -0.2) is 0 Å². The van der Waals surface area contributed by atoms with Crippen molar-refractivity contribution in [3.05, 3.63) is 28.2 Å². The molecule has 0 saturated carbocycles. The van der Waals surface area contributed by atoms with Crippen molar-refractivity contribution in [2.24, 2.45) is 0 Å². The molecular weight excluding hydrogens is 301 g/mol. The number of unbranched alkanes of at least 4 members (excludes halogenated alkanes) is 1. The molecule has 0 aliphatic heterocycles. The zero-order valence-electron chi connectivity index (χ0n) is 11.6. The van der Waals surface area contributed by atoms with Gasteiger partial charge in [0.15, 0.2) is 0 Å². The summed E-state index contributed by atoms with van der Waals surface area (Å²) in [7, 11) is 1.69. The third-order valence-electron chi connectivity index (χ3n) is 2.67. The topological polar surface area (TPSA) is 50.7 Å². The molecule has 1 unspecified atom stereocenters. The molecule has 20 heavy (non-hydrogen) atoms. The number of aliphatic hydroxyl groups excluding tert-OH is 1. The standard InChI is InChI=1S/C14H21Cl2NO3/c1-19-7-3-2-6-17-9-11(18)10-20-12-4-5-13(15)14(16)8-12/h4-5,8,11,17-18H,2-3,6-7,9-10H2,1H3. The lowest BCUT2D eigenvalue weighted by molar-refractivity contribution is 0.106. The number of aliphatic hydroxyl groups is 1. The molecule has 0 saturated heterocycles. The minimum absolute atomic E-state index is 0.211. The summed E-state index contributed by atoms with van der Waals surface area (Å²) in [5, 5.41) is 13.9. The number of ether oxygens (including phenoxy) is 2. The molecule has 1 aromatic rings. The highest BCUT2D eigenvalue weighted by Crippen LogP contribution is 2.26. The number of hydrogen-bond acceptors (Lipinski definition) is 4. The third-order valence-corrected chi connectivity index (χ3v) is 3.40. The van der Waals surface area contributed by atoms with Crippen LogP contribution >= 0.6 is 23.2 Å². The Morgan fingerprint density at radius 2 is 2.05 bits per heavy atom. The molecule has 1 atom stereocenters. The van der Waals surface area contributed by atoms with Gasteiger partial charge in [0.05, 0.1) is 10.0 Å². The zero-order chi connectivity index (χ0) is 14.8. The second-order valence-corrected chi connectivity index (χ2v) is 5.26. The van der Waals surface area contributed by atoms with E-state index in [1.807, 2.05) is 0 Å². The average molecular weight is 322 g/mol. The Balaban J connectivity index is 2.13. The van der Waals surface area contributed by atoms with Crippen LogP contribution in [-0.2, 0) is 4.74 Å². The van der Waals surface area contributed by atoms with Crippen molar-refractivity contribution >= 4 is 23.2 Å². The van der Waals surface area contributed by atoms with E-state index < -0.39 is 6.10 Å². The fraction of sp³-hybridized carbons (Fsp3) is 0.571. The van der Waals surface area contributed by atoms with Crippen molar-refractivity contribution in [1.29, 1.82) is 0 Å². The van der Waals surface area contributed by atoms with Crippen LogP contribution in [0, 0.1) is 0 Å². The molecule has 0 spiro atoms. The van der Waals surface area contributed by atoms with E-state index in [9.17, 15) is 5.11 Å². The molecule has 0 aliphatic rings. The van der Waals surface area contributed by atoms with Crippen LogP contribution in [-0.4, -0.2) is 44.6 Å². The average Bonchev–Trinajstić information content (AvgIpc) is 2.44. The van der Waals surface area contributed by atoms with Crippen molar-refractivity contribution in [2.75, 3.05) is 33.4 Å². The van der Waals surface area contributed by atoms with Gasteiger partial charge in [0, 0.05) is 26.3 Å². The summed E-state index contributed by atoms with van der Waals surface area (Å²) >= 11 is 11.7. The van der Waals surface area contributed by atoms with Crippen molar-refractivity contribution < 1.29 is 14.6 Å². The highest BCUT2D eigenvalue weighted by atomic mass is 35.5. The lowest BCUT2D eigenvalue weighted by Crippen LogP contribution is -2.32. The first-order chi connectivity index (χ1) is 9.63. The highest BCUT2D eigenvalue weighted by Gasteiger charge is 2.06. The van der Waals surface area contributed by atoms with E-state index in [0.717, 1.165) is 26.0 Å². The number of hydrogen-bond donors (Lipinski definition) is 2. The Labute approximate surface area is 130 Å². The molecule has 114 valence electrons. The Bertz CT molecular complexity index is 391. The Kier molecular flexibility index (Phi) is 8.98. The molecule has 0 bridgehead atoms. The van der Waals surface area contributed by atoms with E-state index in [4.69, 9.17) is 32.7 Å². The molecule has 0 fully saturated rings. The fourth-order valence-corrected chi connectivity index (χ4v) is 1.87. The minimum atomic E-state index is -0.563. The van der Waals surface area contributed by atoms with E-state index in [1.54, 1.807) is 25.3 Å². The molecule has 1 rings (SSSR count). The molecule has 6 heteroatoms. The van der Waals surface area contributed by atoms with Crippen LogP contribution in [0.15, 0.2) is 18.2 Å². The van der Waals surface area contributed by atoms with E-state index in [2.05, 4.69) is 5.32 Å². The summed E-state index contributed by atoms with van der Waals surface area (Å²) < 4.78 is 10.4. The molecule has 2 N–H and O–H groups in total. The molecule has 0 amide bonds. The van der Waals surface area contributed by atoms with Crippen LogP contribution in [0.1, 0.15) is 12.8 Å². The van der Waals surface area contributed by atoms with Gasteiger partial charge in [-0.15, -0.1) is 0 Å². The molecular formula is C14H21Cl2NO3. The largest absolute Gasteiger partial charge is 0.491 e. The summed E-state index contributed by atoms with van der Waals surface area (Å²) in [5.41, 5.74) is 0. The van der Waals surface area contributed by atoms with E-state index in [-0.39, 0.29) is 6.61 Å². The summed E-state index contributed by atoms with van der Waals surface area (Å²) in [6.07, 6.45) is 1.47.